The van der Waals surface area contributed by atoms with Crippen molar-refractivity contribution in [3.05, 3.63) is 97.1 Å². The lowest BCUT2D eigenvalue weighted by molar-refractivity contribution is 1.13. The highest BCUT2D eigenvalue weighted by Crippen LogP contribution is 2.11. The quantitative estimate of drug-likeness (QED) is 0.498. The molecule has 0 radical (unpaired) electrons. The molecule has 1 N–H and O–H groups in total. The number of anilines is 1. The van der Waals surface area contributed by atoms with Crippen LogP contribution >= 0.6 is 0 Å². The predicted octanol–water partition coefficient (Wildman–Crippen LogP) is 5.48. The van der Waals surface area contributed by atoms with E-state index in [9.17, 15) is 0 Å². The van der Waals surface area contributed by atoms with Crippen LogP contribution in [0.4, 0.5) is 11.4 Å². The van der Waals surface area contributed by atoms with Crippen LogP contribution in [-0.2, 0) is 0 Å². The van der Waals surface area contributed by atoms with Crippen LogP contribution in [0.1, 0.15) is 0 Å². The van der Waals surface area contributed by atoms with Crippen molar-refractivity contribution >= 4 is 11.4 Å². The summed E-state index contributed by atoms with van der Waals surface area (Å²) in [6.07, 6.45) is 0. The lowest BCUT2D eigenvalue weighted by atomic mass is 10.3. The number of rotatable bonds is 3. The van der Waals surface area contributed by atoms with Crippen molar-refractivity contribution in [3.63, 3.8) is 0 Å². The van der Waals surface area contributed by atoms with E-state index in [1.165, 1.54) is 0 Å². The highest BCUT2D eigenvalue weighted by molar-refractivity contribution is 5.41. The molecule has 104 valence electrons. The Hall–Kier alpha value is -2.94. The smallest absolute Gasteiger partial charge is 0.0874 e. The van der Waals surface area contributed by atoms with E-state index >= 15 is 0 Å². The van der Waals surface area contributed by atoms with Gasteiger partial charge in [0, 0.05) is 0 Å². The minimum atomic E-state index is 0.834. The van der Waals surface area contributed by atoms with Gasteiger partial charge in [-0.1, -0.05) is 78.0 Å². The minimum absolute atomic E-state index is 0.834. The molecule has 3 nitrogen and oxygen atoms in total. The van der Waals surface area contributed by atoms with E-state index in [1.54, 1.807) is 0 Å². The summed E-state index contributed by atoms with van der Waals surface area (Å²) in [7, 11) is 0. The Bertz CT molecular complexity index is 596. The molecule has 3 aromatic rings. The van der Waals surface area contributed by atoms with Gasteiger partial charge in [-0.05, 0) is 24.3 Å². The zero-order chi connectivity index (χ0) is 14.6. The van der Waals surface area contributed by atoms with Crippen LogP contribution in [0.5, 0.6) is 0 Å². The molecule has 21 heavy (non-hydrogen) atoms. The minimum Gasteiger partial charge on any atom is -0.260 e. The second kappa shape index (κ2) is 9.04. The van der Waals surface area contributed by atoms with Gasteiger partial charge in [0.1, 0.15) is 0 Å². The molecule has 0 amide bonds. The summed E-state index contributed by atoms with van der Waals surface area (Å²) in [5.41, 5.74) is 4.61. The molecule has 0 unspecified atom stereocenters. The molecule has 0 fully saturated rings. The molecule has 0 aromatic heterocycles. The van der Waals surface area contributed by atoms with E-state index < -0.39 is 0 Å². The van der Waals surface area contributed by atoms with Gasteiger partial charge in [0.05, 0.1) is 11.4 Å². The summed E-state index contributed by atoms with van der Waals surface area (Å²) in [6, 6.07) is 31.3. The van der Waals surface area contributed by atoms with Crippen LogP contribution in [0.25, 0.3) is 0 Å². The standard InChI is InChI=1S/C12H11N3.C6H6/c1-3-7-11(8-4-1)13-15-14-12-9-5-2-6-10-12;1-2-4-6-5-3-1/h1-10H,(H,13,14);1-6H. The summed E-state index contributed by atoms with van der Waals surface area (Å²) >= 11 is 0. The maximum absolute atomic E-state index is 4.02. The largest absolute Gasteiger partial charge is 0.260 e. The normalized spacial score (nSPS) is 9.71. The summed E-state index contributed by atoms with van der Waals surface area (Å²) in [5, 5.41) is 7.90. The van der Waals surface area contributed by atoms with Crippen LogP contribution in [0, 0.1) is 0 Å². The molecular weight excluding hydrogens is 258 g/mol. The fraction of sp³-hybridized carbons (Fsp3) is 0. The van der Waals surface area contributed by atoms with Crippen molar-refractivity contribution in [3.8, 4) is 0 Å². The van der Waals surface area contributed by atoms with Gasteiger partial charge in [0.25, 0.3) is 0 Å². The van der Waals surface area contributed by atoms with Crippen LogP contribution in [0.15, 0.2) is 107 Å². The Labute approximate surface area is 125 Å². The van der Waals surface area contributed by atoms with Gasteiger partial charge in [-0.3, -0.25) is 5.43 Å². The van der Waals surface area contributed by atoms with Crippen molar-refractivity contribution in [2.45, 2.75) is 0 Å². The second-order valence-electron chi connectivity index (χ2n) is 4.17. The van der Waals surface area contributed by atoms with Crippen LogP contribution in [0.2, 0.25) is 0 Å². The van der Waals surface area contributed by atoms with Gasteiger partial charge >= 0.3 is 0 Å². The van der Waals surface area contributed by atoms with E-state index in [4.69, 9.17) is 0 Å². The van der Waals surface area contributed by atoms with Crippen LogP contribution in [0.3, 0.4) is 0 Å². The zero-order valence-electron chi connectivity index (χ0n) is 11.6. The van der Waals surface area contributed by atoms with Gasteiger partial charge < -0.3 is 0 Å². The van der Waals surface area contributed by atoms with Crippen molar-refractivity contribution in [1.82, 2.24) is 0 Å². The summed E-state index contributed by atoms with van der Waals surface area (Å²) in [4.78, 5) is 0. The van der Waals surface area contributed by atoms with Crippen molar-refractivity contribution in [1.29, 1.82) is 0 Å². The van der Waals surface area contributed by atoms with Crippen molar-refractivity contribution < 1.29 is 0 Å². The van der Waals surface area contributed by atoms with Gasteiger partial charge in [-0.15, -0.1) is 5.11 Å². The fourth-order valence-corrected chi connectivity index (χ4v) is 1.53. The third-order valence-corrected chi connectivity index (χ3v) is 2.54. The Morgan fingerprint density at radius 1 is 0.524 bits per heavy atom. The Morgan fingerprint density at radius 3 is 1.48 bits per heavy atom. The van der Waals surface area contributed by atoms with Gasteiger partial charge in [-0.2, -0.15) is 0 Å². The highest BCUT2D eigenvalue weighted by atomic mass is 15.4. The van der Waals surface area contributed by atoms with E-state index in [1.807, 2.05) is 97.1 Å². The third kappa shape index (κ3) is 6.16. The van der Waals surface area contributed by atoms with Gasteiger partial charge in [0.2, 0.25) is 0 Å². The number of hydrogen-bond acceptors (Lipinski definition) is 2. The van der Waals surface area contributed by atoms with Crippen LogP contribution < -0.4 is 5.43 Å². The number of hydrogen-bond donors (Lipinski definition) is 1. The molecule has 0 saturated carbocycles. The number of para-hydroxylation sites is 1. The zero-order valence-corrected chi connectivity index (χ0v) is 11.6. The molecule has 3 heteroatoms. The number of benzene rings is 3. The molecule has 0 aliphatic carbocycles. The summed E-state index contributed by atoms with van der Waals surface area (Å²) in [6.45, 7) is 0. The summed E-state index contributed by atoms with van der Waals surface area (Å²) in [5.74, 6) is 0. The van der Waals surface area contributed by atoms with Crippen molar-refractivity contribution in [2.24, 2.45) is 10.3 Å². The molecule has 0 saturated heterocycles. The molecule has 0 aliphatic heterocycles. The van der Waals surface area contributed by atoms with Crippen LogP contribution in [-0.4, -0.2) is 0 Å². The number of nitrogens with zero attached hydrogens (tertiary/aromatic N) is 2. The first kappa shape index (κ1) is 14.5. The molecule has 3 rings (SSSR count). The van der Waals surface area contributed by atoms with Crippen molar-refractivity contribution in [2.75, 3.05) is 5.43 Å². The van der Waals surface area contributed by atoms with E-state index in [2.05, 4.69) is 15.8 Å². The van der Waals surface area contributed by atoms with E-state index in [-0.39, 0.29) is 0 Å². The molecule has 0 heterocycles. The SMILES string of the molecule is c1ccc(N=NNc2ccccc2)cc1.c1ccccc1. The third-order valence-electron chi connectivity index (χ3n) is 2.54. The monoisotopic (exact) mass is 275 g/mol. The highest BCUT2D eigenvalue weighted by Gasteiger charge is 1.86. The molecular formula is C18H17N3. The first-order valence-electron chi connectivity index (χ1n) is 6.72. The number of nitrogens with one attached hydrogen (secondary N) is 1. The molecule has 0 atom stereocenters. The van der Waals surface area contributed by atoms with E-state index in [0.29, 0.717) is 0 Å². The maximum atomic E-state index is 4.02. The van der Waals surface area contributed by atoms with E-state index in [0.717, 1.165) is 11.4 Å². The average molecular weight is 275 g/mol. The predicted molar refractivity (Wildman–Crippen MR) is 87.5 cm³/mol. The summed E-state index contributed by atoms with van der Waals surface area (Å²) < 4.78 is 0. The van der Waals surface area contributed by atoms with Gasteiger partial charge in [-0.25, -0.2) is 0 Å². The Kier molecular flexibility index (Phi) is 6.23. The first-order chi connectivity index (χ1) is 10.4. The molecule has 0 bridgehead atoms. The topological polar surface area (TPSA) is 36.8 Å². The lowest BCUT2D eigenvalue weighted by Gasteiger charge is -1.96. The fourth-order valence-electron chi connectivity index (χ4n) is 1.53. The van der Waals surface area contributed by atoms with Gasteiger partial charge in [0.15, 0.2) is 0 Å². The molecule has 0 spiro atoms. The average Bonchev–Trinajstić information content (AvgIpc) is 2.59. The Balaban J connectivity index is 0.000000225. The Morgan fingerprint density at radius 2 is 0.952 bits per heavy atom. The second-order valence-corrected chi connectivity index (χ2v) is 4.17. The maximum Gasteiger partial charge on any atom is 0.0874 e. The first-order valence-corrected chi connectivity index (χ1v) is 6.72. The molecule has 3 aromatic carbocycles. The molecule has 0 aliphatic rings. The lowest BCUT2D eigenvalue weighted by Crippen LogP contribution is -1.84.